The van der Waals surface area contributed by atoms with Gasteiger partial charge in [-0.2, -0.15) is 0 Å². The van der Waals surface area contributed by atoms with Crippen molar-refractivity contribution in [3.63, 3.8) is 0 Å². The number of unbranched alkanes of at least 4 members (excludes halogenated alkanes) is 6. The lowest BCUT2D eigenvalue weighted by Crippen LogP contribution is -3.00. The summed E-state index contributed by atoms with van der Waals surface area (Å²) in [7, 11) is 12.3. The fourth-order valence-electron chi connectivity index (χ4n) is 1.83. The highest BCUT2D eigenvalue weighted by Gasteiger charge is 2.02. The van der Waals surface area contributed by atoms with Crippen LogP contribution in [-0.4, -0.2) is 93.7 Å². The van der Waals surface area contributed by atoms with Crippen LogP contribution in [0, 0.1) is 0 Å². The number of carboxylic acid groups (broad SMARTS) is 1. The SMILES string of the molecule is CCCCCCCCCC(=O)[O-].C[N+](C)(C)CCO.C[N+](C)(C)CCO.[Cl-]. The number of carbonyl (C=O) groups is 1. The summed E-state index contributed by atoms with van der Waals surface area (Å²) in [6.45, 7) is 4.42. The molecular formula is C20H47ClN2O4. The molecule has 6 nitrogen and oxygen atoms in total. The number of hydrogen-bond donors (Lipinski definition) is 2. The number of carboxylic acids is 1. The van der Waals surface area contributed by atoms with Gasteiger partial charge in [-0.3, -0.25) is 0 Å². The molecule has 0 spiro atoms. The van der Waals surface area contributed by atoms with Gasteiger partial charge >= 0.3 is 0 Å². The third-order valence-electron chi connectivity index (χ3n) is 3.53. The van der Waals surface area contributed by atoms with Gasteiger partial charge in [-0.1, -0.05) is 45.4 Å². The summed E-state index contributed by atoms with van der Waals surface area (Å²) in [5.74, 6) is -0.913. The highest BCUT2D eigenvalue weighted by atomic mass is 35.5. The predicted octanol–water partition coefficient (Wildman–Crippen LogP) is -1.75. The lowest BCUT2D eigenvalue weighted by Gasteiger charge is -2.21. The minimum Gasteiger partial charge on any atom is -1.00 e. The van der Waals surface area contributed by atoms with Crippen LogP contribution >= 0.6 is 0 Å². The molecule has 0 aliphatic heterocycles. The first-order valence-electron chi connectivity index (χ1n) is 9.92. The Morgan fingerprint density at radius 2 is 1.07 bits per heavy atom. The van der Waals surface area contributed by atoms with E-state index in [-0.39, 0.29) is 32.0 Å². The van der Waals surface area contributed by atoms with Gasteiger partial charge in [-0.15, -0.1) is 0 Å². The molecule has 0 unspecified atom stereocenters. The van der Waals surface area contributed by atoms with Crippen LogP contribution in [0.5, 0.6) is 0 Å². The van der Waals surface area contributed by atoms with Gasteiger partial charge in [0.1, 0.15) is 13.1 Å². The summed E-state index contributed by atoms with van der Waals surface area (Å²) in [6, 6.07) is 0. The molecule has 0 amide bonds. The van der Waals surface area contributed by atoms with Crippen LogP contribution in [0.25, 0.3) is 0 Å². The summed E-state index contributed by atoms with van der Waals surface area (Å²) < 4.78 is 1.69. The number of nitrogens with zero attached hydrogens (tertiary/aromatic N) is 2. The second kappa shape index (κ2) is 21.9. The largest absolute Gasteiger partial charge is 1.00 e. The first-order chi connectivity index (χ1) is 11.9. The van der Waals surface area contributed by atoms with E-state index in [2.05, 4.69) is 49.2 Å². The fourth-order valence-corrected chi connectivity index (χ4v) is 1.83. The van der Waals surface area contributed by atoms with Crippen molar-refractivity contribution in [2.24, 2.45) is 0 Å². The number of carbonyl (C=O) groups excluding carboxylic acids is 1. The van der Waals surface area contributed by atoms with Crippen LogP contribution in [-0.2, 0) is 4.79 Å². The van der Waals surface area contributed by atoms with Gasteiger partial charge in [-0.25, -0.2) is 0 Å². The van der Waals surface area contributed by atoms with E-state index in [0.29, 0.717) is 0 Å². The molecule has 0 saturated carbocycles. The number of rotatable bonds is 12. The molecular weight excluding hydrogens is 368 g/mol. The van der Waals surface area contributed by atoms with Crippen molar-refractivity contribution >= 4 is 5.97 Å². The van der Waals surface area contributed by atoms with Crippen molar-refractivity contribution in [3.05, 3.63) is 0 Å². The molecule has 0 fully saturated rings. The zero-order chi connectivity index (χ0) is 21.1. The van der Waals surface area contributed by atoms with Crippen molar-refractivity contribution < 1.29 is 41.5 Å². The van der Waals surface area contributed by atoms with E-state index in [1.807, 2.05) is 0 Å². The number of halogens is 1. The number of quaternary nitrogens is 2. The minimum absolute atomic E-state index is 0. The van der Waals surface area contributed by atoms with Crippen LogP contribution in [0.3, 0.4) is 0 Å². The molecule has 0 rings (SSSR count). The van der Waals surface area contributed by atoms with Gasteiger partial charge in [-0.05, 0) is 12.8 Å². The zero-order valence-electron chi connectivity index (χ0n) is 19.0. The quantitative estimate of drug-likeness (QED) is 0.293. The Labute approximate surface area is 174 Å². The topological polar surface area (TPSA) is 80.6 Å². The highest BCUT2D eigenvalue weighted by molar-refractivity contribution is 5.63. The van der Waals surface area contributed by atoms with Crippen LogP contribution in [0.15, 0.2) is 0 Å². The molecule has 0 saturated heterocycles. The van der Waals surface area contributed by atoms with Crippen molar-refractivity contribution in [2.75, 3.05) is 68.6 Å². The predicted molar refractivity (Wildman–Crippen MR) is 108 cm³/mol. The standard InChI is InChI=1S/C10H20O2.2C5H14NO.ClH/c1-2-3-4-5-6-7-8-9-10(11)12;2*1-6(2,3)4-5-7;/h2-9H2,1H3,(H,11,12);2*7H,4-5H2,1-3H3;1H/q;2*+1;/p-2. The molecule has 7 heteroatoms. The smallest absolute Gasteiger partial charge is 0.101 e. The van der Waals surface area contributed by atoms with Gasteiger partial charge < -0.3 is 41.5 Å². The number of aliphatic hydroxyl groups excluding tert-OH is 2. The number of aliphatic hydroxyl groups is 2. The molecule has 0 aromatic heterocycles. The lowest BCUT2D eigenvalue weighted by molar-refractivity contribution is -0.870. The van der Waals surface area contributed by atoms with Crippen molar-refractivity contribution in [3.8, 4) is 0 Å². The molecule has 27 heavy (non-hydrogen) atoms. The first kappa shape index (κ1) is 34.1. The Hall–Kier alpha value is -0.400. The molecule has 168 valence electrons. The maximum Gasteiger partial charge on any atom is 0.101 e. The Morgan fingerprint density at radius 1 is 0.741 bits per heavy atom. The van der Waals surface area contributed by atoms with Crippen LogP contribution in [0.1, 0.15) is 58.3 Å². The van der Waals surface area contributed by atoms with E-state index in [1.54, 1.807) is 0 Å². The van der Waals surface area contributed by atoms with Gasteiger partial charge in [0.25, 0.3) is 0 Å². The molecule has 0 aliphatic rings. The fraction of sp³-hybridized carbons (Fsp3) is 0.950. The molecule has 0 heterocycles. The first-order valence-corrected chi connectivity index (χ1v) is 9.92. The third kappa shape index (κ3) is 51.7. The summed E-state index contributed by atoms with van der Waals surface area (Å²) in [6.07, 6.45) is 8.34. The van der Waals surface area contributed by atoms with Gasteiger partial charge in [0.2, 0.25) is 0 Å². The molecule has 2 N–H and O–H groups in total. The number of aliphatic carboxylic acids is 1. The molecule has 0 bridgehead atoms. The van der Waals surface area contributed by atoms with Gasteiger partial charge in [0, 0.05) is 5.97 Å². The Bertz CT molecular complexity index is 287. The number of hydrogen-bond acceptors (Lipinski definition) is 4. The van der Waals surface area contributed by atoms with Crippen LogP contribution < -0.4 is 17.5 Å². The van der Waals surface area contributed by atoms with E-state index in [0.717, 1.165) is 34.9 Å². The second-order valence-corrected chi connectivity index (χ2v) is 8.72. The Kier molecular flexibility index (Phi) is 27.7. The summed E-state index contributed by atoms with van der Waals surface area (Å²) in [5.41, 5.74) is 0. The number of likely N-dealkylation sites (N-methyl/N-ethyl adjacent to an activating group) is 2. The average molecular weight is 415 g/mol. The van der Waals surface area contributed by atoms with Crippen LogP contribution in [0.2, 0.25) is 0 Å². The van der Waals surface area contributed by atoms with Gasteiger partial charge in [0.05, 0.1) is 55.5 Å². The summed E-state index contributed by atoms with van der Waals surface area (Å²) >= 11 is 0. The normalized spacial score (nSPS) is 10.7. The lowest BCUT2D eigenvalue weighted by atomic mass is 10.1. The Morgan fingerprint density at radius 3 is 1.30 bits per heavy atom. The van der Waals surface area contributed by atoms with E-state index in [4.69, 9.17) is 10.2 Å². The molecule has 0 aromatic rings. The molecule has 0 radical (unpaired) electrons. The Balaban J connectivity index is -0.000000153. The van der Waals surface area contributed by atoms with E-state index in [9.17, 15) is 9.90 Å². The molecule has 0 atom stereocenters. The van der Waals surface area contributed by atoms with E-state index < -0.39 is 5.97 Å². The average Bonchev–Trinajstić information content (AvgIpc) is 2.45. The summed E-state index contributed by atoms with van der Waals surface area (Å²) in [5, 5.41) is 26.8. The zero-order valence-corrected chi connectivity index (χ0v) is 19.7. The van der Waals surface area contributed by atoms with Gasteiger partial charge in [0.15, 0.2) is 0 Å². The second-order valence-electron chi connectivity index (χ2n) is 8.72. The highest BCUT2D eigenvalue weighted by Crippen LogP contribution is 2.07. The maximum absolute atomic E-state index is 10.0. The van der Waals surface area contributed by atoms with Crippen molar-refractivity contribution in [1.29, 1.82) is 0 Å². The molecule has 0 aliphatic carbocycles. The maximum atomic E-state index is 10.0. The van der Waals surface area contributed by atoms with Crippen LogP contribution in [0.4, 0.5) is 0 Å². The third-order valence-corrected chi connectivity index (χ3v) is 3.53. The summed E-state index contributed by atoms with van der Waals surface area (Å²) in [4.78, 5) is 10.0. The van der Waals surface area contributed by atoms with Crippen molar-refractivity contribution in [2.45, 2.75) is 58.3 Å². The van der Waals surface area contributed by atoms with Crippen molar-refractivity contribution in [1.82, 2.24) is 0 Å². The molecule has 0 aromatic carbocycles. The monoisotopic (exact) mass is 414 g/mol. The van der Waals surface area contributed by atoms with E-state index in [1.165, 1.54) is 32.1 Å². The minimum atomic E-state index is -0.913. The van der Waals surface area contributed by atoms with E-state index >= 15 is 0 Å².